The van der Waals surface area contributed by atoms with E-state index in [0.29, 0.717) is 10.8 Å². The van der Waals surface area contributed by atoms with Gasteiger partial charge in [0, 0.05) is 24.8 Å². The number of fused-ring (bicyclic) bond motifs is 1. The summed E-state index contributed by atoms with van der Waals surface area (Å²) in [6.45, 7) is 0.241. The minimum Gasteiger partial charge on any atom is -0.334 e. The fraction of sp³-hybridized carbons (Fsp3) is 0.182. The molecule has 3 rings (SSSR count). The molecule has 3 heterocycles. The number of carbonyl (C=O) groups is 1. The number of aromatic nitrogens is 5. The normalized spacial score (nSPS) is 10.8. The van der Waals surface area contributed by atoms with Crippen molar-refractivity contribution in [2.45, 2.75) is 6.54 Å². The minimum atomic E-state index is -0.403. The van der Waals surface area contributed by atoms with Crippen molar-refractivity contribution in [1.29, 1.82) is 0 Å². The molecule has 0 aliphatic heterocycles. The quantitative estimate of drug-likeness (QED) is 0.740. The average Bonchev–Trinajstić information content (AvgIpc) is 3.09. The van der Waals surface area contributed by atoms with Crippen LogP contribution in [0.1, 0.15) is 16.2 Å². The Morgan fingerprint density at radius 3 is 3.10 bits per heavy atom. The van der Waals surface area contributed by atoms with E-state index in [4.69, 9.17) is 0 Å². The van der Waals surface area contributed by atoms with E-state index in [2.05, 4.69) is 20.2 Å². The highest BCUT2D eigenvalue weighted by Crippen LogP contribution is 2.07. The van der Waals surface area contributed by atoms with Crippen LogP contribution in [0.25, 0.3) is 4.96 Å². The van der Waals surface area contributed by atoms with Crippen molar-refractivity contribution in [2.24, 2.45) is 0 Å². The van der Waals surface area contributed by atoms with Crippen LogP contribution in [0.2, 0.25) is 0 Å². The second-order valence-corrected chi connectivity index (χ2v) is 5.00. The van der Waals surface area contributed by atoms with E-state index in [1.807, 2.05) is 0 Å². The molecule has 0 aliphatic rings. The number of hydrogen-bond acceptors (Lipinski definition) is 6. The van der Waals surface area contributed by atoms with Gasteiger partial charge in [-0.25, -0.2) is 9.97 Å². The fourth-order valence-corrected chi connectivity index (χ4v) is 2.46. The van der Waals surface area contributed by atoms with Gasteiger partial charge in [0.2, 0.25) is 0 Å². The topological polar surface area (TPSA) is 96.2 Å². The Morgan fingerprint density at radius 1 is 1.50 bits per heavy atom. The summed E-state index contributed by atoms with van der Waals surface area (Å²) in [4.78, 5) is 34.4. The van der Waals surface area contributed by atoms with E-state index >= 15 is 0 Å². The van der Waals surface area contributed by atoms with Gasteiger partial charge in [-0.05, 0) is 0 Å². The van der Waals surface area contributed by atoms with Gasteiger partial charge in [0.25, 0.3) is 11.5 Å². The number of hydrogen-bond donors (Lipinski definition) is 1. The van der Waals surface area contributed by atoms with Crippen LogP contribution in [0.5, 0.6) is 0 Å². The second-order valence-electron chi connectivity index (χ2n) is 4.13. The first-order chi connectivity index (χ1) is 9.66. The van der Waals surface area contributed by atoms with Crippen LogP contribution in [0.15, 0.2) is 28.9 Å². The zero-order valence-electron chi connectivity index (χ0n) is 10.5. The standard InChI is InChI=1S/C11H10N6O2S/c1-16(5-8-13-6-14-15-8)9(18)7-4-12-11-17(10(7)19)2-3-20-11/h2-4,6H,5H2,1H3,(H,13,14,15). The van der Waals surface area contributed by atoms with Gasteiger partial charge in [0.1, 0.15) is 17.7 Å². The molecular formula is C11H10N6O2S. The van der Waals surface area contributed by atoms with E-state index in [9.17, 15) is 9.59 Å². The third-order valence-corrected chi connectivity index (χ3v) is 3.54. The third-order valence-electron chi connectivity index (χ3n) is 2.77. The second kappa shape index (κ2) is 4.85. The van der Waals surface area contributed by atoms with E-state index < -0.39 is 5.91 Å². The molecule has 8 nitrogen and oxygen atoms in total. The number of aromatic amines is 1. The molecule has 0 radical (unpaired) electrons. The van der Waals surface area contributed by atoms with Crippen LogP contribution < -0.4 is 5.56 Å². The lowest BCUT2D eigenvalue weighted by atomic mass is 10.3. The van der Waals surface area contributed by atoms with Gasteiger partial charge in [-0.3, -0.25) is 19.1 Å². The molecule has 0 fully saturated rings. The molecule has 9 heteroatoms. The van der Waals surface area contributed by atoms with Gasteiger partial charge in [-0.15, -0.1) is 11.3 Å². The highest BCUT2D eigenvalue weighted by molar-refractivity contribution is 7.15. The maximum atomic E-state index is 12.3. The molecule has 1 amide bonds. The van der Waals surface area contributed by atoms with Crippen molar-refractivity contribution in [3.8, 4) is 0 Å². The summed E-state index contributed by atoms with van der Waals surface area (Å²) in [5.41, 5.74) is -0.339. The average molecular weight is 290 g/mol. The molecule has 3 aromatic heterocycles. The number of thiazole rings is 1. The van der Waals surface area contributed by atoms with Crippen molar-refractivity contribution < 1.29 is 4.79 Å². The summed E-state index contributed by atoms with van der Waals surface area (Å²) < 4.78 is 1.36. The molecule has 0 saturated carbocycles. The Kier molecular flexibility index (Phi) is 3.03. The predicted octanol–water partition coefficient (Wildman–Crippen LogP) is 0.146. The molecule has 0 saturated heterocycles. The molecular weight excluding hydrogens is 280 g/mol. The van der Waals surface area contributed by atoms with E-state index in [0.717, 1.165) is 0 Å². The van der Waals surface area contributed by atoms with E-state index in [1.54, 1.807) is 18.6 Å². The zero-order valence-corrected chi connectivity index (χ0v) is 11.3. The summed E-state index contributed by atoms with van der Waals surface area (Å²) >= 11 is 1.34. The molecule has 0 aliphatic carbocycles. The Morgan fingerprint density at radius 2 is 2.35 bits per heavy atom. The molecule has 20 heavy (non-hydrogen) atoms. The number of nitrogens with zero attached hydrogens (tertiary/aromatic N) is 5. The van der Waals surface area contributed by atoms with E-state index in [-0.39, 0.29) is 17.7 Å². The maximum Gasteiger partial charge on any atom is 0.271 e. The van der Waals surface area contributed by atoms with Crippen molar-refractivity contribution in [3.05, 3.63) is 45.8 Å². The molecule has 0 aromatic carbocycles. The molecule has 0 bridgehead atoms. The Hall–Kier alpha value is -2.55. The summed E-state index contributed by atoms with van der Waals surface area (Å²) in [7, 11) is 1.59. The lowest BCUT2D eigenvalue weighted by Gasteiger charge is -2.14. The number of H-pyrrole nitrogens is 1. The fourth-order valence-electron chi connectivity index (χ4n) is 1.78. The van der Waals surface area contributed by atoms with Crippen molar-refractivity contribution in [2.75, 3.05) is 7.05 Å². The lowest BCUT2D eigenvalue weighted by Crippen LogP contribution is -2.32. The van der Waals surface area contributed by atoms with Crippen LogP contribution in [0.4, 0.5) is 0 Å². The molecule has 1 N–H and O–H groups in total. The monoisotopic (exact) mass is 290 g/mol. The summed E-state index contributed by atoms with van der Waals surface area (Å²) in [6, 6.07) is 0. The number of rotatable bonds is 3. The lowest BCUT2D eigenvalue weighted by molar-refractivity contribution is 0.0779. The molecule has 3 aromatic rings. The van der Waals surface area contributed by atoms with Gasteiger partial charge in [-0.1, -0.05) is 0 Å². The molecule has 102 valence electrons. The van der Waals surface area contributed by atoms with Crippen LogP contribution in [0.3, 0.4) is 0 Å². The highest BCUT2D eigenvalue weighted by Gasteiger charge is 2.18. The number of nitrogens with one attached hydrogen (secondary N) is 1. The SMILES string of the molecule is CN(Cc1ncn[nH]1)C(=O)c1cnc2sccn2c1=O. The Labute approximate surface area is 116 Å². The van der Waals surface area contributed by atoms with E-state index in [1.165, 1.54) is 33.2 Å². The van der Waals surface area contributed by atoms with Gasteiger partial charge >= 0.3 is 0 Å². The van der Waals surface area contributed by atoms with Gasteiger partial charge < -0.3 is 4.90 Å². The Balaban J connectivity index is 1.92. The van der Waals surface area contributed by atoms with Gasteiger partial charge in [0.15, 0.2) is 4.96 Å². The number of carbonyl (C=O) groups excluding carboxylic acids is 1. The molecule has 0 spiro atoms. The largest absolute Gasteiger partial charge is 0.334 e. The first-order valence-corrected chi connectivity index (χ1v) is 6.59. The highest BCUT2D eigenvalue weighted by atomic mass is 32.1. The first-order valence-electron chi connectivity index (χ1n) is 5.71. The van der Waals surface area contributed by atoms with Gasteiger partial charge in [0.05, 0.1) is 6.54 Å². The first kappa shape index (κ1) is 12.5. The summed E-state index contributed by atoms with van der Waals surface area (Å²) in [5, 5.41) is 8.12. The van der Waals surface area contributed by atoms with Crippen LogP contribution in [-0.2, 0) is 6.54 Å². The molecule has 0 unspecified atom stereocenters. The molecule has 0 atom stereocenters. The zero-order chi connectivity index (χ0) is 14.1. The van der Waals surface area contributed by atoms with Crippen LogP contribution in [0, 0.1) is 0 Å². The summed E-state index contributed by atoms with van der Waals surface area (Å²) in [5.74, 6) is 0.144. The number of amides is 1. The third kappa shape index (κ3) is 2.07. The van der Waals surface area contributed by atoms with Crippen LogP contribution >= 0.6 is 11.3 Å². The van der Waals surface area contributed by atoms with Crippen molar-refractivity contribution in [3.63, 3.8) is 0 Å². The van der Waals surface area contributed by atoms with Crippen molar-refractivity contribution >= 4 is 22.2 Å². The smallest absolute Gasteiger partial charge is 0.271 e. The maximum absolute atomic E-state index is 12.3. The predicted molar refractivity (Wildman–Crippen MR) is 71.5 cm³/mol. The Bertz CT molecular complexity index is 806. The summed E-state index contributed by atoms with van der Waals surface area (Å²) in [6.07, 6.45) is 4.28. The van der Waals surface area contributed by atoms with Gasteiger partial charge in [-0.2, -0.15) is 5.10 Å². The minimum absolute atomic E-state index is 0.0305. The van der Waals surface area contributed by atoms with Crippen LogP contribution in [-0.4, -0.2) is 42.4 Å². The van der Waals surface area contributed by atoms with Crippen molar-refractivity contribution in [1.82, 2.24) is 29.5 Å².